The average molecular weight is 206 g/mol. The van der Waals surface area contributed by atoms with E-state index in [-0.39, 0.29) is 6.10 Å². The number of pyridine rings is 1. The molecule has 4 nitrogen and oxygen atoms in total. The maximum absolute atomic E-state index is 11.1. The van der Waals surface area contributed by atoms with E-state index in [1.54, 1.807) is 6.07 Å². The molecular weight excluding hydrogens is 192 g/mol. The second-order valence-electron chi connectivity index (χ2n) is 3.71. The van der Waals surface area contributed by atoms with Crippen molar-refractivity contribution in [2.45, 2.75) is 32.3 Å². The van der Waals surface area contributed by atoms with Crippen LogP contribution >= 0.6 is 0 Å². The lowest BCUT2D eigenvalue weighted by Gasteiger charge is -2.09. The van der Waals surface area contributed by atoms with E-state index in [0.717, 1.165) is 25.0 Å². The number of nitrogens with two attached hydrogens (primary N) is 1. The number of ether oxygens (including phenoxy) is 1. The zero-order chi connectivity index (χ0) is 10.8. The summed E-state index contributed by atoms with van der Waals surface area (Å²) < 4.78 is 5.62. The lowest BCUT2D eigenvalue weighted by atomic mass is 10.2. The van der Waals surface area contributed by atoms with Gasteiger partial charge in [0.25, 0.3) is 5.91 Å². The largest absolute Gasteiger partial charge is 0.489 e. The number of carbonyl (C=O) groups is 1. The Balaban J connectivity index is 2.30. The van der Waals surface area contributed by atoms with Gasteiger partial charge in [-0.05, 0) is 19.3 Å². The van der Waals surface area contributed by atoms with Crippen molar-refractivity contribution < 1.29 is 9.53 Å². The van der Waals surface area contributed by atoms with Crippen LogP contribution < -0.4 is 10.5 Å². The van der Waals surface area contributed by atoms with Gasteiger partial charge in [0.05, 0.1) is 11.7 Å². The molecule has 1 heterocycles. The number of amides is 1. The second-order valence-corrected chi connectivity index (χ2v) is 3.71. The van der Waals surface area contributed by atoms with E-state index >= 15 is 0 Å². The Morgan fingerprint density at radius 3 is 2.93 bits per heavy atom. The molecule has 0 aliphatic heterocycles. The molecule has 1 amide bonds. The summed E-state index contributed by atoms with van der Waals surface area (Å²) in [5.74, 6) is 0.0950. The van der Waals surface area contributed by atoms with Gasteiger partial charge in [-0.3, -0.25) is 9.78 Å². The zero-order valence-corrected chi connectivity index (χ0v) is 8.69. The molecule has 1 aliphatic carbocycles. The van der Waals surface area contributed by atoms with Crippen molar-refractivity contribution in [2.24, 2.45) is 5.73 Å². The molecule has 0 aromatic carbocycles. The quantitative estimate of drug-likeness (QED) is 0.807. The van der Waals surface area contributed by atoms with Gasteiger partial charge in [0.15, 0.2) is 0 Å². The van der Waals surface area contributed by atoms with Gasteiger partial charge in [-0.1, -0.05) is 6.92 Å². The molecule has 0 atom stereocenters. The van der Waals surface area contributed by atoms with Gasteiger partial charge in [0.1, 0.15) is 5.75 Å². The third-order valence-corrected chi connectivity index (χ3v) is 2.37. The maximum atomic E-state index is 11.1. The molecule has 0 bridgehead atoms. The summed E-state index contributed by atoms with van der Waals surface area (Å²) in [6, 6.07) is 1.80. The predicted molar refractivity (Wildman–Crippen MR) is 55.8 cm³/mol. The van der Waals surface area contributed by atoms with Crippen LogP contribution in [0.1, 0.15) is 35.8 Å². The first-order valence-corrected chi connectivity index (χ1v) is 5.16. The predicted octanol–water partition coefficient (Wildman–Crippen LogP) is 1.28. The summed E-state index contributed by atoms with van der Waals surface area (Å²) in [5.41, 5.74) is 6.53. The third kappa shape index (κ3) is 2.26. The molecule has 1 aromatic rings. The topological polar surface area (TPSA) is 65.2 Å². The summed E-state index contributed by atoms with van der Waals surface area (Å²) in [5, 5.41) is 0. The Kier molecular flexibility index (Phi) is 2.58. The van der Waals surface area contributed by atoms with Gasteiger partial charge in [-0.25, -0.2) is 0 Å². The molecule has 1 saturated carbocycles. The van der Waals surface area contributed by atoms with Crippen LogP contribution in [-0.2, 0) is 6.42 Å². The number of primary amides is 1. The van der Waals surface area contributed by atoms with Crippen molar-refractivity contribution in [3.8, 4) is 5.75 Å². The summed E-state index contributed by atoms with van der Waals surface area (Å²) in [6.45, 7) is 2.01. The number of hydrogen-bond acceptors (Lipinski definition) is 3. The minimum atomic E-state index is -0.485. The normalized spacial score (nSPS) is 15.0. The van der Waals surface area contributed by atoms with Gasteiger partial charge in [-0.2, -0.15) is 0 Å². The highest BCUT2D eigenvalue weighted by molar-refractivity contribution is 5.95. The van der Waals surface area contributed by atoms with Gasteiger partial charge in [-0.15, -0.1) is 0 Å². The first-order chi connectivity index (χ1) is 7.20. The number of rotatable bonds is 4. The number of nitrogens with zero attached hydrogens (tertiary/aromatic N) is 1. The summed E-state index contributed by atoms with van der Waals surface area (Å²) in [4.78, 5) is 15.3. The van der Waals surface area contributed by atoms with Gasteiger partial charge in [0.2, 0.25) is 0 Å². The maximum Gasteiger partial charge on any atom is 0.254 e. The van der Waals surface area contributed by atoms with Crippen molar-refractivity contribution in [1.29, 1.82) is 0 Å². The van der Waals surface area contributed by atoms with E-state index in [1.165, 1.54) is 6.20 Å². The standard InChI is InChI=1S/C11H14N2O2/c1-2-7-5-10(15-8-3-4-8)9(6-13-7)11(12)14/h5-6,8H,2-4H2,1H3,(H2,12,14). The number of aromatic nitrogens is 1. The van der Waals surface area contributed by atoms with Crippen LogP contribution in [-0.4, -0.2) is 17.0 Å². The Morgan fingerprint density at radius 2 is 2.40 bits per heavy atom. The molecule has 2 rings (SSSR count). The van der Waals surface area contributed by atoms with Crippen molar-refractivity contribution in [2.75, 3.05) is 0 Å². The van der Waals surface area contributed by atoms with Crippen molar-refractivity contribution in [3.63, 3.8) is 0 Å². The smallest absolute Gasteiger partial charge is 0.254 e. The van der Waals surface area contributed by atoms with Crippen LogP contribution in [0.25, 0.3) is 0 Å². The molecule has 0 radical (unpaired) electrons. The number of carbonyl (C=O) groups excluding carboxylic acids is 1. The Bertz CT molecular complexity index is 386. The van der Waals surface area contributed by atoms with Crippen LogP contribution in [0.3, 0.4) is 0 Å². The summed E-state index contributed by atoms with van der Waals surface area (Å²) in [7, 11) is 0. The molecule has 0 unspecified atom stereocenters. The summed E-state index contributed by atoms with van der Waals surface area (Å²) >= 11 is 0. The molecule has 4 heteroatoms. The summed E-state index contributed by atoms with van der Waals surface area (Å²) in [6.07, 6.45) is 4.69. The van der Waals surface area contributed by atoms with Crippen LogP contribution in [0, 0.1) is 0 Å². The van der Waals surface area contributed by atoms with E-state index in [2.05, 4.69) is 4.98 Å². The SMILES string of the molecule is CCc1cc(OC2CC2)c(C(N)=O)cn1. The van der Waals surface area contributed by atoms with Crippen LogP contribution in [0.15, 0.2) is 12.3 Å². The highest BCUT2D eigenvalue weighted by Crippen LogP contribution is 2.29. The van der Waals surface area contributed by atoms with E-state index in [9.17, 15) is 4.79 Å². The average Bonchev–Trinajstić information content (AvgIpc) is 3.01. The first-order valence-electron chi connectivity index (χ1n) is 5.16. The minimum Gasteiger partial charge on any atom is -0.489 e. The molecular formula is C11H14N2O2. The lowest BCUT2D eigenvalue weighted by Crippen LogP contribution is -2.14. The van der Waals surface area contributed by atoms with Crippen molar-refractivity contribution in [1.82, 2.24) is 4.98 Å². The Labute approximate surface area is 88.4 Å². The van der Waals surface area contributed by atoms with Crippen LogP contribution in [0.4, 0.5) is 0 Å². The van der Waals surface area contributed by atoms with Gasteiger partial charge < -0.3 is 10.5 Å². The van der Waals surface area contributed by atoms with E-state index in [0.29, 0.717) is 11.3 Å². The fourth-order valence-corrected chi connectivity index (χ4v) is 1.32. The lowest BCUT2D eigenvalue weighted by molar-refractivity contribution is 0.0995. The zero-order valence-electron chi connectivity index (χ0n) is 8.69. The molecule has 1 fully saturated rings. The van der Waals surface area contributed by atoms with Crippen molar-refractivity contribution in [3.05, 3.63) is 23.5 Å². The number of aryl methyl sites for hydroxylation is 1. The third-order valence-electron chi connectivity index (χ3n) is 2.37. The van der Waals surface area contributed by atoms with Gasteiger partial charge >= 0.3 is 0 Å². The highest BCUT2D eigenvalue weighted by Gasteiger charge is 2.25. The number of hydrogen-bond donors (Lipinski definition) is 1. The van der Waals surface area contributed by atoms with E-state index in [1.807, 2.05) is 6.92 Å². The molecule has 2 N–H and O–H groups in total. The second kappa shape index (κ2) is 3.88. The molecule has 1 aliphatic rings. The molecule has 1 aromatic heterocycles. The Hall–Kier alpha value is -1.58. The fraction of sp³-hybridized carbons (Fsp3) is 0.455. The first kappa shape index (κ1) is 9.96. The molecule has 0 saturated heterocycles. The van der Waals surface area contributed by atoms with Crippen LogP contribution in [0.5, 0.6) is 5.75 Å². The molecule has 0 spiro atoms. The highest BCUT2D eigenvalue weighted by atomic mass is 16.5. The fourth-order valence-electron chi connectivity index (χ4n) is 1.32. The monoisotopic (exact) mass is 206 g/mol. The van der Waals surface area contributed by atoms with E-state index < -0.39 is 5.91 Å². The Morgan fingerprint density at radius 1 is 1.67 bits per heavy atom. The van der Waals surface area contributed by atoms with Crippen LogP contribution in [0.2, 0.25) is 0 Å². The van der Waals surface area contributed by atoms with Crippen molar-refractivity contribution >= 4 is 5.91 Å². The molecule has 15 heavy (non-hydrogen) atoms. The van der Waals surface area contributed by atoms with Gasteiger partial charge in [0, 0.05) is 18.0 Å². The molecule has 80 valence electrons. The minimum absolute atomic E-state index is 0.259. The van der Waals surface area contributed by atoms with E-state index in [4.69, 9.17) is 10.5 Å².